The zero-order chi connectivity index (χ0) is 24.0. The molecule has 0 unspecified atom stereocenters. The molecule has 1 aromatic rings. The summed E-state index contributed by atoms with van der Waals surface area (Å²) in [6.07, 6.45) is 5.81. The van der Waals surface area contributed by atoms with Gasteiger partial charge < -0.3 is 15.1 Å². The van der Waals surface area contributed by atoms with Crippen LogP contribution in [0.2, 0.25) is 0 Å². The van der Waals surface area contributed by atoms with E-state index in [9.17, 15) is 14.8 Å². The van der Waals surface area contributed by atoms with Crippen LogP contribution in [-0.4, -0.2) is 76.7 Å². The summed E-state index contributed by atoms with van der Waals surface area (Å²) in [5.74, 6) is -0.156. The van der Waals surface area contributed by atoms with Gasteiger partial charge in [0, 0.05) is 32.1 Å². The van der Waals surface area contributed by atoms with Crippen LogP contribution in [0.15, 0.2) is 0 Å². The van der Waals surface area contributed by atoms with Crippen molar-refractivity contribution < 1.29 is 19.2 Å². The molecule has 0 bridgehead atoms. The fraction of sp³-hybridized carbons (Fsp3) is 0.739. The quantitative estimate of drug-likeness (QED) is 0.310. The molecule has 10 heteroatoms. The predicted octanol–water partition coefficient (Wildman–Crippen LogP) is 1.98. The number of aromatic nitrogens is 2. The number of hydroxylamine groups is 2. The third-order valence-corrected chi connectivity index (χ3v) is 6.95. The van der Waals surface area contributed by atoms with Crippen LogP contribution < -0.4 is 10.2 Å². The molecule has 33 heavy (non-hydrogen) atoms. The van der Waals surface area contributed by atoms with Crippen molar-refractivity contribution in [2.45, 2.75) is 65.0 Å². The number of halogens is 1. The van der Waals surface area contributed by atoms with Crippen molar-refractivity contribution in [2.75, 3.05) is 38.1 Å². The Hall–Kier alpha value is -2.33. The van der Waals surface area contributed by atoms with E-state index < -0.39 is 11.7 Å². The molecule has 2 amide bonds. The number of carbonyl (C=O) groups is 2. The van der Waals surface area contributed by atoms with E-state index in [1.807, 2.05) is 11.8 Å². The van der Waals surface area contributed by atoms with Gasteiger partial charge in [0.2, 0.25) is 12.3 Å². The summed E-state index contributed by atoms with van der Waals surface area (Å²) in [6.45, 7) is 6.02. The fourth-order valence-corrected chi connectivity index (χ4v) is 4.75. The summed E-state index contributed by atoms with van der Waals surface area (Å²) in [7, 11) is 2.05. The molecule has 2 aliphatic rings. The Morgan fingerprint density at radius 1 is 1.33 bits per heavy atom. The maximum absolute atomic E-state index is 15.4. The van der Waals surface area contributed by atoms with Crippen molar-refractivity contribution in [3.63, 3.8) is 0 Å². The lowest BCUT2D eigenvalue weighted by Crippen LogP contribution is -2.50. The first-order valence-electron chi connectivity index (χ1n) is 12.0. The highest BCUT2D eigenvalue weighted by molar-refractivity contribution is 5.79. The molecule has 1 saturated heterocycles. The Bertz CT molecular complexity index is 820. The normalized spacial score (nSPS) is 20.6. The second-order valence-electron chi connectivity index (χ2n) is 9.38. The van der Waals surface area contributed by atoms with Crippen LogP contribution in [0.5, 0.6) is 0 Å². The van der Waals surface area contributed by atoms with Gasteiger partial charge in [0.25, 0.3) is 0 Å². The lowest BCUT2D eigenvalue weighted by molar-refractivity contribution is -0.155. The second kappa shape index (κ2) is 11.7. The molecule has 0 radical (unpaired) electrons. The standard InChI is InChI=1S/C23H37FN6O3/c1-4-20-26-19(21(24)22(27-20)29-10-9-28(3)16(2)13-29)12-25-23(32)18(14-30(33)15-31)11-17-7-5-6-8-17/h15-18,33H,4-14H2,1-3H3,(H,25,32)/t16-,18-/m1/s1. The number of rotatable bonds is 10. The number of nitrogens with zero attached hydrogens (tertiary/aromatic N) is 5. The van der Waals surface area contributed by atoms with E-state index in [2.05, 4.69) is 34.2 Å². The van der Waals surface area contributed by atoms with E-state index in [1.54, 1.807) is 0 Å². The number of likely N-dealkylation sites (N-methyl/N-ethyl adjacent to an activating group) is 1. The Kier molecular flexibility index (Phi) is 8.96. The summed E-state index contributed by atoms with van der Waals surface area (Å²) < 4.78 is 15.4. The summed E-state index contributed by atoms with van der Waals surface area (Å²) >= 11 is 0. The van der Waals surface area contributed by atoms with Gasteiger partial charge in [0.05, 0.1) is 19.0 Å². The van der Waals surface area contributed by atoms with Crippen LogP contribution in [0.1, 0.15) is 57.5 Å². The van der Waals surface area contributed by atoms with E-state index in [1.165, 1.54) is 0 Å². The summed E-state index contributed by atoms with van der Waals surface area (Å²) in [6, 6.07) is 0.275. The van der Waals surface area contributed by atoms with Crippen molar-refractivity contribution in [3.05, 3.63) is 17.3 Å². The molecule has 2 fully saturated rings. The third-order valence-electron chi connectivity index (χ3n) is 6.95. The minimum atomic E-state index is -0.559. The van der Waals surface area contributed by atoms with Crippen molar-refractivity contribution in [2.24, 2.45) is 11.8 Å². The number of amides is 2. The smallest absolute Gasteiger partial charge is 0.233 e. The molecular weight excluding hydrogens is 427 g/mol. The number of nitrogens with one attached hydrogen (secondary N) is 1. The highest BCUT2D eigenvalue weighted by Crippen LogP contribution is 2.31. The molecule has 2 N–H and O–H groups in total. The summed E-state index contributed by atoms with van der Waals surface area (Å²) in [4.78, 5) is 36.8. The van der Waals surface area contributed by atoms with Gasteiger partial charge in [0.1, 0.15) is 11.5 Å². The Labute approximate surface area is 195 Å². The van der Waals surface area contributed by atoms with Gasteiger partial charge in [-0.2, -0.15) is 0 Å². The minimum Gasteiger partial charge on any atom is -0.351 e. The fourth-order valence-electron chi connectivity index (χ4n) is 4.75. The van der Waals surface area contributed by atoms with E-state index in [0.717, 1.165) is 32.2 Å². The van der Waals surface area contributed by atoms with Gasteiger partial charge >= 0.3 is 0 Å². The van der Waals surface area contributed by atoms with E-state index >= 15 is 4.39 Å². The Morgan fingerprint density at radius 2 is 2.06 bits per heavy atom. The predicted molar refractivity (Wildman–Crippen MR) is 122 cm³/mol. The van der Waals surface area contributed by atoms with Crippen LogP contribution in [0.25, 0.3) is 0 Å². The lowest BCUT2D eigenvalue weighted by atomic mass is 9.92. The van der Waals surface area contributed by atoms with Gasteiger partial charge in [-0.05, 0) is 26.3 Å². The monoisotopic (exact) mass is 464 g/mol. The number of carbonyl (C=O) groups excluding carboxylic acids is 2. The van der Waals surface area contributed by atoms with E-state index in [4.69, 9.17) is 0 Å². The Morgan fingerprint density at radius 3 is 2.70 bits per heavy atom. The van der Waals surface area contributed by atoms with Gasteiger partial charge in [-0.3, -0.25) is 14.8 Å². The zero-order valence-corrected chi connectivity index (χ0v) is 20.0. The van der Waals surface area contributed by atoms with Crippen molar-refractivity contribution in [3.8, 4) is 0 Å². The number of anilines is 1. The highest BCUT2D eigenvalue weighted by Gasteiger charge is 2.29. The summed E-state index contributed by atoms with van der Waals surface area (Å²) in [5.41, 5.74) is 0.160. The van der Waals surface area contributed by atoms with Crippen molar-refractivity contribution in [1.82, 2.24) is 25.2 Å². The number of piperazine rings is 1. The zero-order valence-electron chi connectivity index (χ0n) is 20.0. The molecule has 184 valence electrons. The first-order valence-corrected chi connectivity index (χ1v) is 12.0. The first kappa shape index (κ1) is 25.3. The minimum absolute atomic E-state index is 0.0653. The van der Waals surface area contributed by atoms with Crippen molar-refractivity contribution in [1.29, 1.82) is 0 Å². The van der Waals surface area contributed by atoms with Gasteiger partial charge in [-0.25, -0.2) is 19.4 Å². The maximum Gasteiger partial charge on any atom is 0.233 e. The average molecular weight is 465 g/mol. The lowest BCUT2D eigenvalue weighted by Gasteiger charge is -2.38. The number of hydrogen-bond acceptors (Lipinski definition) is 7. The van der Waals surface area contributed by atoms with Crippen LogP contribution >= 0.6 is 0 Å². The van der Waals surface area contributed by atoms with E-state index in [0.29, 0.717) is 49.1 Å². The van der Waals surface area contributed by atoms with Crippen LogP contribution in [0.4, 0.5) is 10.2 Å². The Balaban J connectivity index is 1.72. The van der Waals surface area contributed by atoms with Crippen molar-refractivity contribution >= 4 is 18.1 Å². The molecule has 1 saturated carbocycles. The molecule has 1 aromatic heterocycles. The molecule has 2 heterocycles. The maximum atomic E-state index is 15.4. The average Bonchev–Trinajstić information content (AvgIpc) is 3.32. The second-order valence-corrected chi connectivity index (χ2v) is 9.38. The molecule has 0 aromatic carbocycles. The molecule has 2 atom stereocenters. The largest absolute Gasteiger partial charge is 0.351 e. The highest BCUT2D eigenvalue weighted by atomic mass is 19.1. The number of aryl methyl sites for hydroxylation is 1. The SMILES string of the molecule is CCc1nc(CNC(=O)[C@H](CC2CCCC2)CN(O)C=O)c(F)c(N2CCN(C)[C@H](C)C2)n1. The molecule has 9 nitrogen and oxygen atoms in total. The topological polar surface area (TPSA) is 102 Å². The van der Waals surface area contributed by atoms with Crippen LogP contribution in [0.3, 0.4) is 0 Å². The van der Waals surface area contributed by atoms with Crippen LogP contribution in [0, 0.1) is 17.7 Å². The molecule has 3 rings (SSSR count). The van der Waals surface area contributed by atoms with Gasteiger partial charge in [0.15, 0.2) is 11.6 Å². The molecule has 1 aliphatic heterocycles. The third kappa shape index (κ3) is 6.60. The van der Waals surface area contributed by atoms with E-state index in [-0.39, 0.29) is 36.6 Å². The molecular formula is C23H37FN6O3. The molecule has 0 spiro atoms. The van der Waals surface area contributed by atoms with Gasteiger partial charge in [-0.15, -0.1) is 0 Å². The van der Waals surface area contributed by atoms with Crippen LogP contribution in [-0.2, 0) is 22.6 Å². The molecule has 1 aliphatic carbocycles. The number of hydrogen-bond donors (Lipinski definition) is 2. The summed E-state index contributed by atoms with van der Waals surface area (Å²) in [5, 5.41) is 13.0. The first-order chi connectivity index (χ1) is 15.8. The van der Waals surface area contributed by atoms with Gasteiger partial charge in [-0.1, -0.05) is 32.6 Å².